The minimum absolute atomic E-state index is 0.180. The van der Waals surface area contributed by atoms with E-state index in [9.17, 15) is 9.59 Å². The molecule has 1 aromatic heterocycles. The number of ether oxygens (including phenoxy) is 2. The lowest BCUT2D eigenvalue weighted by Gasteiger charge is -2.13. The van der Waals surface area contributed by atoms with E-state index >= 15 is 0 Å². The monoisotopic (exact) mass is 525 g/mol. The van der Waals surface area contributed by atoms with Crippen molar-refractivity contribution >= 4 is 62.7 Å². The number of nitrogens with one attached hydrogen (secondary N) is 1. The van der Waals surface area contributed by atoms with E-state index in [1.165, 1.54) is 27.4 Å². The molecule has 0 atom stereocenters. The van der Waals surface area contributed by atoms with Crippen LogP contribution >= 0.6 is 35.3 Å². The fraction of sp³-hybridized carbons (Fsp3) is 0.200. The highest BCUT2D eigenvalue weighted by atomic mass is 32.2. The van der Waals surface area contributed by atoms with Crippen LogP contribution in [0.15, 0.2) is 53.6 Å². The van der Waals surface area contributed by atoms with Gasteiger partial charge in [0.05, 0.1) is 19.1 Å². The summed E-state index contributed by atoms with van der Waals surface area (Å²) >= 11 is 7.93. The molecule has 1 fully saturated rings. The van der Waals surface area contributed by atoms with Crippen LogP contribution in [0, 0.1) is 6.92 Å². The van der Waals surface area contributed by atoms with E-state index in [4.69, 9.17) is 21.7 Å². The van der Waals surface area contributed by atoms with Crippen LogP contribution in [0.2, 0.25) is 0 Å². The Balaban J connectivity index is 1.38. The molecule has 0 radical (unpaired) electrons. The highest BCUT2D eigenvalue weighted by Crippen LogP contribution is 2.34. The largest absolute Gasteiger partial charge is 0.493 e. The Bertz CT molecular complexity index is 1300. The molecule has 2 aromatic carbocycles. The van der Waals surface area contributed by atoms with Gasteiger partial charge in [-0.15, -0.1) is 11.3 Å². The predicted octanol–water partition coefficient (Wildman–Crippen LogP) is 4.90. The third kappa shape index (κ3) is 6.08. The smallest absolute Gasteiger partial charge is 0.266 e. The van der Waals surface area contributed by atoms with Crippen molar-refractivity contribution in [1.82, 2.24) is 9.88 Å². The molecule has 0 aliphatic carbocycles. The third-order valence-electron chi connectivity index (χ3n) is 5.18. The molecule has 0 unspecified atom stereocenters. The van der Waals surface area contributed by atoms with Crippen LogP contribution in [0.1, 0.15) is 21.6 Å². The first-order valence-electron chi connectivity index (χ1n) is 10.6. The van der Waals surface area contributed by atoms with Crippen LogP contribution < -0.4 is 14.8 Å². The summed E-state index contributed by atoms with van der Waals surface area (Å²) in [5.41, 5.74) is 3.15. The van der Waals surface area contributed by atoms with Gasteiger partial charge in [-0.2, -0.15) is 0 Å². The minimum atomic E-state index is -0.357. The number of hydrogen-bond donors (Lipinski definition) is 1. The Morgan fingerprint density at radius 2 is 1.89 bits per heavy atom. The number of carbonyl (C=O) groups is 2. The molecule has 0 bridgehead atoms. The topological polar surface area (TPSA) is 80.8 Å². The number of benzene rings is 2. The summed E-state index contributed by atoms with van der Waals surface area (Å²) in [6, 6.07) is 13.7. The number of anilines is 1. The first-order chi connectivity index (χ1) is 16.9. The molecule has 0 saturated carbocycles. The molecular formula is C25H23N3O4S3. The number of carbonyl (C=O) groups excluding carboxylic acids is 2. The van der Waals surface area contributed by atoms with Crippen molar-refractivity contribution in [3.8, 4) is 11.5 Å². The van der Waals surface area contributed by atoms with Gasteiger partial charge in [-0.3, -0.25) is 14.5 Å². The molecule has 7 nitrogen and oxygen atoms in total. The fourth-order valence-corrected chi connectivity index (χ4v) is 5.50. The van der Waals surface area contributed by atoms with Crippen molar-refractivity contribution in [2.45, 2.75) is 13.3 Å². The Hall–Kier alpha value is -3.21. The molecule has 1 N–H and O–H groups in total. The van der Waals surface area contributed by atoms with Crippen molar-refractivity contribution in [1.29, 1.82) is 0 Å². The quantitative estimate of drug-likeness (QED) is 0.331. The first-order valence-corrected chi connectivity index (χ1v) is 12.7. The molecular weight excluding hydrogens is 502 g/mol. The highest BCUT2D eigenvalue weighted by molar-refractivity contribution is 8.26. The SMILES string of the molecule is COc1ccc(C=C2SC(=S)N(CC(=O)Nc3ncc(Cc4ccc(C)cc4)s3)C2=O)cc1OC. The van der Waals surface area contributed by atoms with E-state index < -0.39 is 0 Å². The van der Waals surface area contributed by atoms with E-state index in [-0.39, 0.29) is 18.4 Å². The Kier molecular flexibility index (Phi) is 7.84. The Labute approximate surface area is 217 Å². The lowest BCUT2D eigenvalue weighted by molar-refractivity contribution is -0.126. The predicted molar refractivity (Wildman–Crippen MR) is 144 cm³/mol. The average Bonchev–Trinajstić information content (AvgIpc) is 3.39. The molecule has 2 amide bonds. The summed E-state index contributed by atoms with van der Waals surface area (Å²) in [6.45, 7) is 1.87. The molecule has 1 aliphatic heterocycles. The standard InChI is InChI=1S/C25H23N3O4S3/c1-15-4-6-16(7-5-15)10-18-13-26-24(34-18)27-22(29)14-28-23(30)21(35-25(28)33)12-17-8-9-19(31-2)20(11-17)32-3/h4-9,11-13H,10,14H2,1-3H3,(H,26,27,29). The number of rotatable bonds is 8. The van der Waals surface area contributed by atoms with Gasteiger partial charge in [-0.05, 0) is 36.3 Å². The van der Waals surface area contributed by atoms with E-state index in [0.29, 0.717) is 25.9 Å². The number of thiocarbonyl (C=S) groups is 1. The second-order valence-electron chi connectivity index (χ2n) is 7.72. The number of aryl methyl sites for hydroxylation is 1. The Morgan fingerprint density at radius 3 is 2.60 bits per heavy atom. The number of amides is 2. The Morgan fingerprint density at radius 1 is 1.14 bits per heavy atom. The maximum Gasteiger partial charge on any atom is 0.266 e. The van der Waals surface area contributed by atoms with Crippen LogP contribution in [0.25, 0.3) is 6.08 Å². The highest BCUT2D eigenvalue weighted by Gasteiger charge is 2.33. The number of nitrogens with zero attached hydrogens (tertiary/aromatic N) is 2. The second kappa shape index (κ2) is 11.0. The van der Waals surface area contributed by atoms with Crippen LogP contribution in [-0.2, 0) is 16.0 Å². The van der Waals surface area contributed by atoms with Crippen LogP contribution in [0.3, 0.4) is 0 Å². The van der Waals surface area contributed by atoms with Crippen LogP contribution in [0.4, 0.5) is 5.13 Å². The van der Waals surface area contributed by atoms with Crippen LogP contribution in [-0.4, -0.2) is 46.8 Å². The molecule has 1 aliphatic rings. The molecule has 10 heteroatoms. The van der Waals surface area contributed by atoms with E-state index in [0.717, 1.165) is 28.6 Å². The van der Waals surface area contributed by atoms with Gasteiger partial charge >= 0.3 is 0 Å². The van der Waals surface area contributed by atoms with Gasteiger partial charge in [-0.1, -0.05) is 59.9 Å². The molecule has 180 valence electrons. The fourth-order valence-electron chi connectivity index (χ4n) is 3.39. The van der Waals surface area contributed by atoms with E-state index in [1.807, 2.05) is 13.0 Å². The second-order valence-corrected chi connectivity index (χ2v) is 10.5. The average molecular weight is 526 g/mol. The molecule has 0 spiro atoms. The number of aromatic nitrogens is 1. The van der Waals surface area contributed by atoms with E-state index in [2.05, 4.69) is 34.6 Å². The van der Waals surface area contributed by atoms with Gasteiger partial charge in [0, 0.05) is 17.5 Å². The van der Waals surface area contributed by atoms with Crippen LogP contribution in [0.5, 0.6) is 11.5 Å². The molecule has 35 heavy (non-hydrogen) atoms. The lowest BCUT2D eigenvalue weighted by atomic mass is 10.1. The molecule has 3 aromatic rings. The zero-order valence-electron chi connectivity index (χ0n) is 19.4. The normalized spacial score (nSPS) is 14.5. The summed E-state index contributed by atoms with van der Waals surface area (Å²) in [6.07, 6.45) is 4.21. The maximum atomic E-state index is 12.9. The van der Waals surface area contributed by atoms with Gasteiger partial charge < -0.3 is 14.8 Å². The maximum absolute atomic E-state index is 12.9. The van der Waals surface area contributed by atoms with Crippen molar-refractivity contribution < 1.29 is 19.1 Å². The van der Waals surface area contributed by atoms with Gasteiger partial charge in [-0.25, -0.2) is 4.98 Å². The van der Waals surface area contributed by atoms with E-state index in [1.54, 1.807) is 38.6 Å². The minimum Gasteiger partial charge on any atom is -0.493 e. The first kappa shape index (κ1) is 24.9. The number of thioether (sulfide) groups is 1. The number of methoxy groups -OCH3 is 2. The summed E-state index contributed by atoms with van der Waals surface area (Å²) in [5.74, 6) is 0.480. The molecule has 2 heterocycles. The zero-order chi connectivity index (χ0) is 24.9. The van der Waals surface area contributed by atoms with Crippen molar-refractivity contribution in [2.75, 3.05) is 26.1 Å². The van der Waals surface area contributed by atoms with Gasteiger partial charge in [0.25, 0.3) is 5.91 Å². The van der Waals surface area contributed by atoms with Crippen molar-refractivity contribution in [2.24, 2.45) is 0 Å². The van der Waals surface area contributed by atoms with Crippen molar-refractivity contribution in [3.63, 3.8) is 0 Å². The summed E-state index contributed by atoms with van der Waals surface area (Å²) < 4.78 is 10.9. The summed E-state index contributed by atoms with van der Waals surface area (Å²) in [5, 5.41) is 3.26. The zero-order valence-corrected chi connectivity index (χ0v) is 21.8. The lowest BCUT2D eigenvalue weighted by Crippen LogP contribution is -2.36. The third-order valence-corrected chi connectivity index (χ3v) is 7.47. The van der Waals surface area contributed by atoms with Gasteiger partial charge in [0.15, 0.2) is 16.6 Å². The number of thiazole rings is 1. The van der Waals surface area contributed by atoms with Crippen molar-refractivity contribution in [3.05, 3.63) is 75.1 Å². The number of hydrogen-bond acceptors (Lipinski definition) is 8. The summed E-state index contributed by atoms with van der Waals surface area (Å²) in [7, 11) is 3.11. The van der Waals surface area contributed by atoms with Gasteiger partial charge in [0.1, 0.15) is 10.9 Å². The summed E-state index contributed by atoms with van der Waals surface area (Å²) in [4.78, 5) is 32.6. The molecule has 1 saturated heterocycles. The molecule has 4 rings (SSSR count). The van der Waals surface area contributed by atoms with Gasteiger partial charge in [0.2, 0.25) is 5.91 Å².